The second kappa shape index (κ2) is 6.48. The van der Waals surface area contributed by atoms with Crippen molar-refractivity contribution in [3.05, 3.63) is 52.5 Å². The van der Waals surface area contributed by atoms with E-state index in [0.717, 1.165) is 18.4 Å². The number of carbonyl (C=O) groups excluding carboxylic acids is 1. The average Bonchev–Trinajstić information content (AvgIpc) is 3.44. The topological polar surface area (TPSA) is 60.1 Å². The lowest BCUT2D eigenvalue weighted by Crippen LogP contribution is -2.60. The van der Waals surface area contributed by atoms with E-state index in [4.69, 9.17) is 0 Å². The van der Waals surface area contributed by atoms with Crippen LogP contribution >= 0.6 is 0 Å². The van der Waals surface area contributed by atoms with Crippen LogP contribution in [0.5, 0.6) is 0 Å². The number of halogens is 2. The van der Waals surface area contributed by atoms with Crippen molar-refractivity contribution in [1.29, 1.82) is 0 Å². The van der Waals surface area contributed by atoms with Crippen molar-refractivity contribution >= 4 is 16.9 Å². The van der Waals surface area contributed by atoms with E-state index in [1.54, 1.807) is 19.1 Å². The first-order chi connectivity index (χ1) is 14.2. The number of fused-ring (bicyclic) bond motifs is 1. The first kappa shape index (κ1) is 19.0. The molecule has 3 aromatic rings. The van der Waals surface area contributed by atoms with Crippen LogP contribution in [-0.4, -0.2) is 43.7 Å². The predicted molar refractivity (Wildman–Crippen MR) is 108 cm³/mol. The van der Waals surface area contributed by atoms with Gasteiger partial charge in [0.2, 0.25) is 5.91 Å². The quantitative estimate of drug-likeness (QED) is 0.661. The SMILES string of the molecule is Cc1cc(-c2cn(C3CC3)c3ncn(CC(=O)N4CC(C)(F)C4)c(=O)c23)ccc1F. The first-order valence-corrected chi connectivity index (χ1v) is 10.1. The van der Waals surface area contributed by atoms with E-state index in [0.29, 0.717) is 28.2 Å². The van der Waals surface area contributed by atoms with Crippen LogP contribution in [0.25, 0.3) is 22.2 Å². The van der Waals surface area contributed by atoms with E-state index in [-0.39, 0.29) is 36.9 Å². The van der Waals surface area contributed by atoms with Gasteiger partial charge in [0.15, 0.2) is 0 Å². The number of carbonyl (C=O) groups is 1. The molecule has 2 aromatic heterocycles. The number of rotatable bonds is 4. The minimum atomic E-state index is -1.36. The maximum absolute atomic E-state index is 13.8. The van der Waals surface area contributed by atoms with E-state index in [2.05, 4.69) is 4.98 Å². The summed E-state index contributed by atoms with van der Waals surface area (Å²) in [6, 6.07) is 5.06. The fourth-order valence-electron chi connectivity index (χ4n) is 4.12. The Morgan fingerprint density at radius 1 is 1.30 bits per heavy atom. The van der Waals surface area contributed by atoms with Gasteiger partial charge in [-0.25, -0.2) is 13.8 Å². The second-order valence-electron chi connectivity index (χ2n) is 8.68. The summed E-state index contributed by atoms with van der Waals surface area (Å²) in [5.74, 6) is -0.616. The first-order valence-electron chi connectivity index (χ1n) is 10.1. The van der Waals surface area contributed by atoms with Gasteiger partial charge in [-0.1, -0.05) is 6.07 Å². The number of likely N-dealkylation sites (tertiary alicyclic amines) is 1. The summed E-state index contributed by atoms with van der Waals surface area (Å²) in [4.78, 5) is 31.6. The molecule has 0 N–H and O–H groups in total. The number of benzene rings is 1. The molecule has 156 valence electrons. The molecule has 6 nitrogen and oxygen atoms in total. The molecule has 1 saturated carbocycles. The van der Waals surface area contributed by atoms with Crippen LogP contribution in [0, 0.1) is 12.7 Å². The number of nitrogens with zero attached hydrogens (tertiary/aromatic N) is 4. The smallest absolute Gasteiger partial charge is 0.263 e. The van der Waals surface area contributed by atoms with E-state index in [1.165, 1.54) is 28.8 Å². The lowest BCUT2D eigenvalue weighted by molar-refractivity contribution is -0.144. The molecule has 1 amide bonds. The Hall–Kier alpha value is -3.03. The van der Waals surface area contributed by atoms with Gasteiger partial charge in [-0.2, -0.15) is 0 Å². The highest BCUT2D eigenvalue weighted by atomic mass is 19.1. The minimum absolute atomic E-state index is 0.0361. The summed E-state index contributed by atoms with van der Waals surface area (Å²) >= 11 is 0. The number of alkyl halides is 1. The van der Waals surface area contributed by atoms with Gasteiger partial charge in [-0.3, -0.25) is 14.2 Å². The van der Waals surface area contributed by atoms with Crippen molar-refractivity contribution in [3.8, 4) is 11.1 Å². The summed E-state index contributed by atoms with van der Waals surface area (Å²) in [5, 5.41) is 0.419. The van der Waals surface area contributed by atoms with E-state index in [9.17, 15) is 18.4 Å². The van der Waals surface area contributed by atoms with Crippen molar-refractivity contribution in [3.63, 3.8) is 0 Å². The van der Waals surface area contributed by atoms with Crippen molar-refractivity contribution in [1.82, 2.24) is 19.0 Å². The maximum Gasteiger partial charge on any atom is 0.263 e. The molecule has 8 heteroatoms. The molecule has 0 radical (unpaired) electrons. The zero-order valence-electron chi connectivity index (χ0n) is 16.9. The molecular formula is C22H22F2N4O2. The monoisotopic (exact) mass is 412 g/mol. The Morgan fingerprint density at radius 2 is 2.03 bits per heavy atom. The summed E-state index contributed by atoms with van der Waals surface area (Å²) in [6.07, 6.45) is 5.33. The third-order valence-electron chi connectivity index (χ3n) is 5.91. The zero-order chi connectivity index (χ0) is 21.2. The molecule has 1 aliphatic heterocycles. The molecule has 2 aliphatic rings. The average molecular weight is 412 g/mol. The molecule has 0 unspecified atom stereocenters. The highest BCUT2D eigenvalue weighted by Gasteiger charge is 2.41. The number of hydrogen-bond donors (Lipinski definition) is 0. The Kier molecular flexibility index (Phi) is 4.10. The molecule has 0 bridgehead atoms. The number of aromatic nitrogens is 3. The van der Waals surface area contributed by atoms with Gasteiger partial charge >= 0.3 is 0 Å². The molecule has 1 aliphatic carbocycles. The minimum Gasteiger partial charge on any atom is -0.335 e. The van der Waals surface area contributed by atoms with Crippen LogP contribution in [0.1, 0.15) is 31.4 Å². The van der Waals surface area contributed by atoms with Gasteiger partial charge in [0, 0.05) is 17.8 Å². The maximum atomic E-state index is 13.8. The van der Waals surface area contributed by atoms with Crippen molar-refractivity contribution < 1.29 is 13.6 Å². The van der Waals surface area contributed by atoms with Crippen LogP contribution in [0.4, 0.5) is 8.78 Å². The van der Waals surface area contributed by atoms with E-state index >= 15 is 0 Å². The molecule has 30 heavy (non-hydrogen) atoms. The summed E-state index contributed by atoms with van der Waals surface area (Å²) in [6.45, 7) is 3.02. The Morgan fingerprint density at radius 3 is 2.67 bits per heavy atom. The predicted octanol–water partition coefficient (Wildman–Crippen LogP) is 3.22. The van der Waals surface area contributed by atoms with Crippen molar-refractivity contribution in [2.75, 3.05) is 13.1 Å². The third-order valence-corrected chi connectivity index (χ3v) is 5.91. The lowest BCUT2D eigenvalue weighted by Gasteiger charge is -2.42. The van der Waals surface area contributed by atoms with Gasteiger partial charge in [-0.15, -0.1) is 0 Å². The standard InChI is InChI=1S/C22H22F2N4O2/c1-13-7-14(3-6-17(13)23)16-8-28(15-4-5-15)20-19(16)21(30)26(12-25-20)9-18(29)27-10-22(2,24)11-27/h3,6-8,12,15H,4-5,9-11H2,1-2H3. The zero-order valence-corrected chi connectivity index (χ0v) is 16.9. The molecule has 0 spiro atoms. The van der Waals surface area contributed by atoms with Crippen molar-refractivity contribution in [2.45, 2.75) is 44.9 Å². The summed E-state index contributed by atoms with van der Waals surface area (Å²) < 4.78 is 30.8. The normalized spacial score (nSPS) is 17.9. The Bertz CT molecular complexity index is 1230. The van der Waals surface area contributed by atoms with Crippen LogP contribution < -0.4 is 5.56 Å². The fourth-order valence-corrected chi connectivity index (χ4v) is 4.12. The molecule has 1 aromatic carbocycles. The molecule has 3 heterocycles. The Balaban J connectivity index is 1.58. The number of hydrogen-bond acceptors (Lipinski definition) is 3. The fraction of sp³-hybridized carbons (Fsp3) is 0.409. The highest BCUT2D eigenvalue weighted by Crippen LogP contribution is 2.40. The van der Waals surface area contributed by atoms with E-state index in [1.807, 2.05) is 10.8 Å². The van der Waals surface area contributed by atoms with E-state index < -0.39 is 5.67 Å². The van der Waals surface area contributed by atoms with Gasteiger partial charge in [-0.05, 0) is 49.9 Å². The molecule has 5 rings (SSSR count). The molecular weight excluding hydrogens is 390 g/mol. The van der Waals surface area contributed by atoms with Crippen molar-refractivity contribution in [2.24, 2.45) is 0 Å². The van der Waals surface area contributed by atoms with Crippen LogP contribution in [0.15, 0.2) is 35.5 Å². The second-order valence-corrected chi connectivity index (χ2v) is 8.68. The van der Waals surface area contributed by atoms with Gasteiger partial charge < -0.3 is 9.47 Å². The third kappa shape index (κ3) is 3.11. The lowest BCUT2D eigenvalue weighted by atomic mass is 9.99. The summed E-state index contributed by atoms with van der Waals surface area (Å²) in [7, 11) is 0. The van der Waals surface area contributed by atoms with Gasteiger partial charge in [0.25, 0.3) is 5.56 Å². The highest BCUT2D eigenvalue weighted by molar-refractivity contribution is 5.94. The van der Waals surface area contributed by atoms with Crippen LogP contribution in [-0.2, 0) is 11.3 Å². The van der Waals surface area contributed by atoms with Crippen LogP contribution in [0.2, 0.25) is 0 Å². The molecule has 2 fully saturated rings. The number of aryl methyl sites for hydroxylation is 1. The largest absolute Gasteiger partial charge is 0.335 e. The molecule has 1 saturated heterocycles. The van der Waals surface area contributed by atoms with Crippen LogP contribution in [0.3, 0.4) is 0 Å². The molecule has 0 atom stereocenters. The summed E-state index contributed by atoms with van der Waals surface area (Å²) in [5.41, 5.74) is 0.789. The number of amides is 1. The Labute approximate surface area is 171 Å². The van der Waals surface area contributed by atoms with Gasteiger partial charge in [0.05, 0.1) is 18.5 Å². The van der Waals surface area contributed by atoms with Gasteiger partial charge in [0.1, 0.15) is 30.0 Å².